The molecule has 2 rings (SSSR count). The molecule has 1 aromatic rings. The van der Waals surface area contributed by atoms with Crippen molar-refractivity contribution in [2.45, 2.75) is 44.9 Å². The summed E-state index contributed by atoms with van der Waals surface area (Å²) in [5, 5.41) is 2.98. The molecule has 1 amide bonds. The second kappa shape index (κ2) is 6.43. The van der Waals surface area contributed by atoms with E-state index in [0.717, 1.165) is 18.5 Å². The summed E-state index contributed by atoms with van der Waals surface area (Å²) in [4.78, 5) is 12.2. The van der Waals surface area contributed by atoms with Gasteiger partial charge in [-0.3, -0.25) is 4.79 Å². The summed E-state index contributed by atoms with van der Waals surface area (Å²) in [7, 11) is 0. The van der Waals surface area contributed by atoms with Gasteiger partial charge < -0.3 is 11.1 Å². The molecule has 0 aromatic heterocycles. The smallest absolute Gasteiger partial charge is 0.227 e. The summed E-state index contributed by atoms with van der Waals surface area (Å²) in [5.41, 5.74) is 7.20. The second-order valence-electron chi connectivity index (χ2n) is 5.16. The van der Waals surface area contributed by atoms with Crippen LogP contribution in [0.5, 0.6) is 0 Å². The molecule has 1 aliphatic rings. The molecule has 0 radical (unpaired) electrons. The predicted octanol–water partition coefficient (Wildman–Crippen LogP) is 3.57. The molecule has 1 aliphatic carbocycles. The molecule has 3 N–H and O–H groups in total. The fourth-order valence-electron chi connectivity index (χ4n) is 2.58. The number of hydrogen-bond donors (Lipinski definition) is 2. The van der Waals surface area contributed by atoms with E-state index in [4.69, 9.17) is 5.73 Å². The Morgan fingerprint density at radius 3 is 2.44 bits per heavy atom. The molecule has 0 atom stereocenters. The van der Waals surface area contributed by atoms with Gasteiger partial charge in [-0.2, -0.15) is 0 Å². The fourth-order valence-corrected chi connectivity index (χ4v) is 2.58. The maximum absolute atomic E-state index is 12.2. The summed E-state index contributed by atoms with van der Waals surface area (Å²) in [6, 6.07) is 7.38. The minimum Gasteiger partial charge on any atom is -0.399 e. The molecule has 0 bridgehead atoms. The van der Waals surface area contributed by atoms with E-state index in [1.165, 1.54) is 32.1 Å². The fraction of sp³-hybridized carbons (Fsp3) is 0.533. The lowest BCUT2D eigenvalue weighted by molar-refractivity contribution is -0.120. The van der Waals surface area contributed by atoms with Crippen LogP contribution in [0.25, 0.3) is 0 Å². The third-order valence-corrected chi connectivity index (χ3v) is 3.63. The number of nitrogen functional groups attached to an aromatic ring is 1. The lowest BCUT2D eigenvalue weighted by Crippen LogP contribution is -2.23. The van der Waals surface area contributed by atoms with Crippen LogP contribution >= 0.6 is 0 Å². The number of benzene rings is 1. The Hall–Kier alpha value is -1.51. The summed E-state index contributed by atoms with van der Waals surface area (Å²) in [6.07, 6.45) is 8.25. The van der Waals surface area contributed by atoms with Crippen molar-refractivity contribution < 1.29 is 4.79 Å². The Kier molecular flexibility index (Phi) is 4.62. The largest absolute Gasteiger partial charge is 0.399 e. The predicted molar refractivity (Wildman–Crippen MR) is 75.3 cm³/mol. The Balaban J connectivity index is 1.93. The molecule has 18 heavy (non-hydrogen) atoms. The zero-order valence-electron chi connectivity index (χ0n) is 10.8. The Morgan fingerprint density at radius 2 is 1.78 bits per heavy atom. The van der Waals surface area contributed by atoms with E-state index in [9.17, 15) is 4.79 Å². The van der Waals surface area contributed by atoms with Gasteiger partial charge >= 0.3 is 0 Å². The highest BCUT2D eigenvalue weighted by molar-refractivity contribution is 5.92. The molecule has 0 saturated heterocycles. The van der Waals surface area contributed by atoms with Gasteiger partial charge in [0.15, 0.2) is 0 Å². The van der Waals surface area contributed by atoms with Gasteiger partial charge in [-0.25, -0.2) is 0 Å². The van der Waals surface area contributed by atoms with Gasteiger partial charge in [0.1, 0.15) is 0 Å². The topological polar surface area (TPSA) is 55.1 Å². The normalized spacial score (nSPS) is 17.8. The van der Waals surface area contributed by atoms with Crippen LogP contribution < -0.4 is 11.1 Å². The maximum atomic E-state index is 12.2. The first-order valence-corrected chi connectivity index (χ1v) is 6.92. The third-order valence-electron chi connectivity index (χ3n) is 3.63. The van der Waals surface area contributed by atoms with Crippen molar-refractivity contribution in [3.8, 4) is 0 Å². The zero-order valence-corrected chi connectivity index (χ0v) is 10.8. The van der Waals surface area contributed by atoms with Crippen LogP contribution in [-0.2, 0) is 4.79 Å². The highest BCUT2D eigenvalue weighted by Gasteiger charge is 2.19. The van der Waals surface area contributed by atoms with Gasteiger partial charge in [-0.15, -0.1) is 0 Å². The zero-order chi connectivity index (χ0) is 12.8. The Morgan fingerprint density at radius 1 is 1.11 bits per heavy atom. The van der Waals surface area contributed by atoms with Gasteiger partial charge in [-0.1, -0.05) is 38.2 Å². The summed E-state index contributed by atoms with van der Waals surface area (Å²) in [6.45, 7) is 0. The molecule has 0 heterocycles. The van der Waals surface area contributed by atoms with Crippen molar-refractivity contribution in [2.75, 3.05) is 11.1 Å². The molecule has 0 aliphatic heterocycles. The van der Waals surface area contributed by atoms with E-state index in [-0.39, 0.29) is 11.8 Å². The number of carbonyl (C=O) groups excluding carboxylic acids is 1. The van der Waals surface area contributed by atoms with Crippen LogP contribution in [0.2, 0.25) is 0 Å². The van der Waals surface area contributed by atoms with E-state index < -0.39 is 0 Å². The highest BCUT2D eigenvalue weighted by atomic mass is 16.1. The number of hydrogen-bond acceptors (Lipinski definition) is 2. The summed E-state index contributed by atoms with van der Waals surface area (Å²) >= 11 is 0. The van der Waals surface area contributed by atoms with Crippen molar-refractivity contribution >= 4 is 17.3 Å². The van der Waals surface area contributed by atoms with Gasteiger partial charge in [-0.05, 0) is 31.0 Å². The summed E-state index contributed by atoms with van der Waals surface area (Å²) < 4.78 is 0. The first-order valence-electron chi connectivity index (χ1n) is 6.92. The van der Waals surface area contributed by atoms with E-state index in [1.54, 1.807) is 6.07 Å². The van der Waals surface area contributed by atoms with Crippen LogP contribution in [0, 0.1) is 5.92 Å². The number of nitrogens with two attached hydrogens (primary N) is 1. The summed E-state index contributed by atoms with van der Waals surface area (Å²) in [5.74, 6) is 0.328. The quantitative estimate of drug-likeness (QED) is 0.784. The first kappa shape index (κ1) is 12.9. The SMILES string of the molecule is Nc1cccc(NC(=O)C2CCCCCCC2)c1. The van der Waals surface area contributed by atoms with Gasteiger partial charge in [0, 0.05) is 17.3 Å². The van der Waals surface area contributed by atoms with Gasteiger partial charge in [0.05, 0.1) is 0 Å². The number of carbonyl (C=O) groups is 1. The minimum absolute atomic E-state index is 0.155. The number of nitrogens with one attached hydrogen (secondary N) is 1. The molecular formula is C15H22N2O. The second-order valence-corrected chi connectivity index (χ2v) is 5.16. The van der Waals surface area contributed by atoms with Crippen molar-refractivity contribution in [3.63, 3.8) is 0 Å². The van der Waals surface area contributed by atoms with Gasteiger partial charge in [0.25, 0.3) is 0 Å². The number of amides is 1. The molecule has 0 unspecified atom stereocenters. The van der Waals surface area contributed by atoms with E-state index >= 15 is 0 Å². The van der Waals surface area contributed by atoms with Crippen LogP contribution in [-0.4, -0.2) is 5.91 Å². The lowest BCUT2D eigenvalue weighted by atomic mass is 9.90. The van der Waals surface area contributed by atoms with E-state index in [0.29, 0.717) is 5.69 Å². The van der Waals surface area contributed by atoms with Gasteiger partial charge in [0.2, 0.25) is 5.91 Å². The van der Waals surface area contributed by atoms with Crippen LogP contribution in [0.4, 0.5) is 11.4 Å². The highest BCUT2D eigenvalue weighted by Crippen LogP contribution is 2.24. The molecule has 1 fully saturated rings. The average Bonchev–Trinajstić information content (AvgIpc) is 2.28. The first-order chi connectivity index (χ1) is 8.75. The molecule has 98 valence electrons. The molecule has 1 aromatic carbocycles. The Labute approximate surface area is 109 Å². The Bertz CT molecular complexity index is 395. The molecule has 0 spiro atoms. The van der Waals surface area contributed by atoms with Crippen molar-refractivity contribution in [2.24, 2.45) is 5.92 Å². The lowest BCUT2D eigenvalue weighted by Gasteiger charge is -2.19. The van der Waals surface area contributed by atoms with Crippen LogP contribution in [0.3, 0.4) is 0 Å². The molecule has 3 heteroatoms. The van der Waals surface area contributed by atoms with Crippen molar-refractivity contribution in [3.05, 3.63) is 24.3 Å². The van der Waals surface area contributed by atoms with Crippen molar-refractivity contribution in [1.82, 2.24) is 0 Å². The average molecular weight is 246 g/mol. The van der Waals surface area contributed by atoms with Crippen LogP contribution in [0.1, 0.15) is 44.9 Å². The van der Waals surface area contributed by atoms with E-state index in [2.05, 4.69) is 5.32 Å². The molecule has 3 nitrogen and oxygen atoms in total. The standard InChI is InChI=1S/C15H22N2O/c16-13-9-6-10-14(11-13)17-15(18)12-7-4-2-1-3-5-8-12/h6,9-12H,1-5,7-8,16H2,(H,17,18). The third kappa shape index (κ3) is 3.76. The minimum atomic E-state index is 0.155. The monoisotopic (exact) mass is 246 g/mol. The molecular weight excluding hydrogens is 224 g/mol. The van der Waals surface area contributed by atoms with E-state index in [1.807, 2.05) is 18.2 Å². The maximum Gasteiger partial charge on any atom is 0.227 e. The molecule has 1 saturated carbocycles. The van der Waals surface area contributed by atoms with Crippen LogP contribution in [0.15, 0.2) is 24.3 Å². The number of rotatable bonds is 2. The van der Waals surface area contributed by atoms with Crippen molar-refractivity contribution in [1.29, 1.82) is 0 Å². The number of anilines is 2.